The predicted octanol–water partition coefficient (Wildman–Crippen LogP) is 7.39. The lowest BCUT2D eigenvalue weighted by Crippen LogP contribution is -2.59. The summed E-state index contributed by atoms with van der Waals surface area (Å²) in [6.07, 6.45) is -1.30. The minimum atomic E-state index is -1.29. The van der Waals surface area contributed by atoms with Crippen molar-refractivity contribution < 1.29 is 42.9 Å². The number of hydrogen-bond acceptors (Lipinski definition) is 10. The number of nitrogens with one attached hydrogen (secondary N) is 4. The van der Waals surface area contributed by atoms with Crippen molar-refractivity contribution in [3.8, 4) is 22.6 Å². The van der Waals surface area contributed by atoms with Gasteiger partial charge in [0.05, 0.1) is 0 Å². The molecule has 3 atom stereocenters. The topological polar surface area (TPSA) is 200 Å². The van der Waals surface area contributed by atoms with Crippen LogP contribution in [0.2, 0.25) is 0 Å². The largest absolute Gasteiger partial charge is 0.489 e. The molecule has 6 aromatic rings. The van der Waals surface area contributed by atoms with E-state index in [0.717, 1.165) is 33.4 Å². The Hall–Kier alpha value is -8.17. The first kappa shape index (κ1) is 51.7. The van der Waals surface area contributed by atoms with Gasteiger partial charge in [-0.25, -0.2) is 9.59 Å². The van der Waals surface area contributed by atoms with E-state index in [1.807, 2.05) is 158 Å². The fourth-order valence-corrected chi connectivity index (χ4v) is 8.32. The number of hydrogen-bond donors (Lipinski definition) is 5. The average Bonchev–Trinajstić information content (AvgIpc) is 3.41. The van der Waals surface area contributed by atoms with E-state index in [1.165, 1.54) is 4.90 Å². The van der Waals surface area contributed by atoms with Crippen LogP contribution in [-0.2, 0) is 63.1 Å². The smallest absolute Gasteiger partial charge is 0.408 e. The second-order valence-electron chi connectivity index (χ2n) is 17.3. The van der Waals surface area contributed by atoms with Gasteiger partial charge in [0.1, 0.15) is 56.1 Å². The number of carbonyl (C=O) groups is 5. The van der Waals surface area contributed by atoms with E-state index in [-0.39, 0.29) is 78.3 Å². The monoisotopic (exact) mass is 974 g/mol. The van der Waals surface area contributed by atoms with Crippen LogP contribution in [0.4, 0.5) is 9.59 Å². The van der Waals surface area contributed by atoms with Gasteiger partial charge in [-0.1, -0.05) is 133 Å². The quantitative estimate of drug-likeness (QED) is 0.0510. The number of fused-ring (bicyclic) bond motifs is 5. The molecule has 15 nitrogen and oxygen atoms in total. The molecule has 4 bridgehead atoms. The Bertz CT molecular complexity index is 2710. The van der Waals surface area contributed by atoms with Crippen LogP contribution in [0.3, 0.4) is 0 Å². The predicted molar refractivity (Wildman–Crippen MR) is 273 cm³/mol. The fourth-order valence-electron chi connectivity index (χ4n) is 8.32. The Morgan fingerprint density at radius 1 is 0.611 bits per heavy atom. The molecule has 0 unspecified atom stereocenters. The highest BCUT2D eigenvalue weighted by Crippen LogP contribution is 2.33. The number of ether oxygens (including phenoxy) is 4. The molecule has 0 saturated carbocycles. The minimum absolute atomic E-state index is 0.0319. The van der Waals surface area contributed by atoms with E-state index in [1.54, 1.807) is 6.92 Å². The third-order valence-electron chi connectivity index (χ3n) is 12.1. The lowest BCUT2D eigenvalue weighted by molar-refractivity contribution is -0.143. The van der Waals surface area contributed by atoms with E-state index in [9.17, 15) is 19.2 Å². The Labute approximate surface area is 420 Å². The summed E-state index contributed by atoms with van der Waals surface area (Å²) < 4.78 is 24.0. The lowest BCUT2D eigenvalue weighted by Gasteiger charge is -2.34. The third kappa shape index (κ3) is 15.2. The zero-order valence-electron chi connectivity index (χ0n) is 40.4. The van der Waals surface area contributed by atoms with Crippen LogP contribution in [-0.4, -0.2) is 79.1 Å². The number of rotatable bonds is 19. The summed E-state index contributed by atoms with van der Waals surface area (Å²) in [5.74, 6) is -0.703. The zero-order valence-corrected chi connectivity index (χ0v) is 40.4. The summed E-state index contributed by atoms with van der Waals surface area (Å²) in [6, 6.07) is 45.5. The Morgan fingerprint density at radius 3 is 1.60 bits per heavy atom. The molecule has 374 valence electrons. The molecule has 1 aliphatic rings. The van der Waals surface area contributed by atoms with Gasteiger partial charge < -0.3 is 50.8 Å². The second-order valence-corrected chi connectivity index (χ2v) is 17.3. The van der Waals surface area contributed by atoms with Gasteiger partial charge in [-0.15, -0.1) is 0 Å². The summed E-state index contributed by atoms with van der Waals surface area (Å²) in [5.41, 5.74) is 12.1. The van der Waals surface area contributed by atoms with Crippen LogP contribution in [0.5, 0.6) is 11.5 Å². The number of nitrogens with zero attached hydrogens (tertiary/aromatic N) is 1. The third-order valence-corrected chi connectivity index (χ3v) is 12.1. The normalized spacial score (nSPS) is 15.7. The molecule has 0 aliphatic carbocycles. The highest BCUT2D eigenvalue weighted by atomic mass is 16.6. The van der Waals surface area contributed by atoms with Crippen molar-refractivity contribution in [1.82, 2.24) is 26.2 Å². The highest BCUT2D eigenvalue weighted by molar-refractivity contribution is 5.94. The number of benzene rings is 6. The number of alkyl carbamates (subject to hydrolysis) is 2. The van der Waals surface area contributed by atoms with Gasteiger partial charge >= 0.3 is 12.2 Å². The van der Waals surface area contributed by atoms with Crippen molar-refractivity contribution in [3.05, 3.63) is 191 Å². The summed E-state index contributed by atoms with van der Waals surface area (Å²) in [4.78, 5) is 72.4. The maximum Gasteiger partial charge on any atom is 0.408 e. The number of carbonyl (C=O) groups excluding carboxylic acids is 5. The van der Waals surface area contributed by atoms with Crippen LogP contribution in [0.15, 0.2) is 158 Å². The first-order chi connectivity index (χ1) is 35.2. The van der Waals surface area contributed by atoms with E-state index in [0.29, 0.717) is 22.6 Å². The van der Waals surface area contributed by atoms with Gasteiger partial charge in [0.25, 0.3) is 0 Å². The molecule has 15 heteroatoms. The van der Waals surface area contributed by atoms with Gasteiger partial charge in [0, 0.05) is 39.0 Å². The molecular formula is C57H62N6O9. The number of nitrogens with two attached hydrogens (primary N) is 1. The first-order valence-electron chi connectivity index (χ1n) is 24.3. The van der Waals surface area contributed by atoms with Crippen molar-refractivity contribution in [2.75, 3.05) is 26.2 Å². The van der Waals surface area contributed by atoms with Crippen molar-refractivity contribution in [2.45, 2.75) is 77.2 Å². The minimum Gasteiger partial charge on any atom is -0.489 e. The van der Waals surface area contributed by atoms with E-state index < -0.39 is 48.0 Å². The van der Waals surface area contributed by atoms with Gasteiger partial charge in [-0.2, -0.15) is 0 Å². The molecule has 5 amide bonds. The molecule has 6 N–H and O–H groups in total. The summed E-state index contributed by atoms with van der Waals surface area (Å²) in [6.45, 7) is 2.72. The first-order valence-corrected chi connectivity index (χ1v) is 24.3. The maximum atomic E-state index is 15.2. The van der Waals surface area contributed by atoms with Crippen molar-refractivity contribution in [3.63, 3.8) is 0 Å². The van der Waals surface area contributed by atoms with Gasteiger partial charge in [0.15, 0.2) is 0 Å². The molecular weight excluding hydrogens is 913 g/mol. The standard InChI is InChI=1S/C57H62N6O9/c1-2-63-50(54(65)59-31-29-58)35-47-33-45(26-28-52(47)70-37-41-18-9-4-10-19-41)44-25-27-51(69-36-40-16-7-3-8-17-40)46(32-44)34-49(62-57(68)72-39-43-22-13-6-14-23-43)53(64)61-48(55(63)66)24-15-30-60-56(67)71-38-42-20-11-5-12-21-42/h3-14,16-23,25-28,32-33,48-50H,2,15,24,29-31,34-39,58H2,1H3,(H,59,65)(H,60,67)(H,61,64)(H,62,68)/t48-,49-,50-/m0/s1. The Balaban J connectivity index is 1.27. The van der Waals surface area contributed by atoms with Crippen LogP contribution in [0.1, 0.15) is 53.1 Å². The number of likely N-dealkylation sites (N-methyl/N-ethyl adjacent to an activating group) is 1. The average molecular weight is 975 g/mol. The molecule has 0 aromatic heterocycles. The van der Waals surface area contributed by atoms with Crippen molar-refractivity contribution in [2.24, 2.45) is 5.73 Å². The highest BCUT2D eigenvalue weighted by Gasteiger charge is 2.36. The molecule has 0 spiro atoms. The van der Waals surface area contributed by atoms with Crippen LogP contribution >= 0.6 is 0 Å². The molecule has 72 heavy (non-hydrogen) atoms. The van der Waals surface area contributed by atoms with Crippen molar-refractivity contribution >= 4 is 29.9 Å². The Morgan fingerprint density at radius 2 is 1.10 bits per heavy atom. The van der Waals surface area contributed by atoms with Gasteiger partial charge in [-0.3, -0.25) is 14.4 Å². The van der Waals surface area contributed by atoms with E-state index in [2.05, 4.69) is 21.3 Å². The summed E-state index contributed by atoms with van der Waals surface area (Å²) in [7, 11) is 0. The SMILES string of the molecule is CCN1C(=O)[C@H](CCCNC(=O)OCc2ccccc2)NC(=O)[C@@H](NC(=O)OCc2ccccc2)Cc2cc(ccc2OCc2ccccc2)-c2ccc(OCc3ccccc3)c(c2)C[C@H]1C(=O)NCCN. The molecule has 0 radical (unpaired) electrons. The molecule has 0 fully saturated rings. The summed E-state index contributed by atoms with van der Waals surface area (Å²) in [5, 5.41) is 11.4. The second kappa shape index (κ2) is 26.7. The van der Waals surface area contributed by atoms with Crippen LogP contribution in [0, 0.1) is 0 Å². The lowest BCUT2D eigenvalue weighted by atomic mass is 9.94. The van der Waals surface area contributed by atoms with Gasteiger partial charge in [-0.05, 0) is 88.5 Å². The van der Waals surface area contributed by atoms with E-state index in [4.69, 9.17) is 24.7 Å². The molecule has 1 heterocycles. The van der Waals surface area contributed by atoms with Gasteiger partial charge in [0.2, 0.25) is 17.7 Å². The van der Waals surface area contributed by atoms with Crippen molar-refractivity contribution in [1.29, 1.82) is 0 Å². The van der Waals surface area contributed by atoms with E-state index >= 15 is 4.79 Å². The fraction of sp³-hybridized carbons (Fsp3) is 0.281. The Kier molecular flexibility index (Phi) is 19.2. The molecule has 1 aliphatic heterocycles. The van der Waals surface area contributed by atoms with Crippen LogP contribution in [0.25, 0.3) is 11.1 Å². The van der Waals surface area contributed by atoms with Crippen LogP contribution < -0.4 is 36.5 Å². The molecule has 7 rings (SSSR count). The number of amides is 5. The maximum absolute atomic E-state index is 15.2. The summed E-state index contributed by atoms with van der Waals surface area (Å²) >= 11 is 0. The molecule has 6 aromatic carbocycles. The molecule has 0 saturated heterocycles. The zero-order chi connectivity index (χ0) is 50.5.